The molecule has 0 aliphatic carbocycles. The smallest absolute Gasteiger partial charge is 0.265 e. The second-order valence-corrected chi connectivity index (χ2v) is 5.83. The molecule has 1 aliphatic rings. The third kappa shape index (κ3) is 2.93. The van der Waals surface area contributed by atoms with Gasteiger partial charge in [0.1, 0.15) is 10.7 Å². The summed E-state index contributed by atoms with van der Waals surface area (Å²) in [5, 5.41) is 3.62. The standard InChI is InChI=1S/C17H12ClN3O2S/c1-2-7-21-16(23)12(15(22)20-17(21)24)9-11-8-10-5-3-4-6-13(10)19-14(11)18/h2-6,8-9H,1,7H2,(H,20,22,24). The summed E-state index contributed by atoms with van der Waals surface area (Å²) in [6, 6.07) is 9.22. The van der Waals surface area contributed by atoms with Gasteiger partial charge < -0.3 is 0 Å². The van der Waals surface area contributed by atoms with Gasteiger partial charge in [0.15, 0.2) is 5.11 Å². The number of hydrogen-bond donors (Lipinski definition) is 1. The number of carbonyl (C=O) groups excluding carboxylic acids is 2. The minimum absolute atomic E-state index is 0.0515. The Morgan fingerprint density at radius 1 is 1.33 bits per heavy atom. The number of para-hydroxylation sites is 1. The van der Waals surface area contributed by atoms with Crippen LogP contribution in [-0.4, -0.2) is 33.4 Å². The minimum Gasteiger partial charge on any atom is -0.298 e. The summed E-state index contributed by atoms with van der Waals surface area (Å²) in [6.07, 6.45) is 2.96. The Kier molecular flexibility index (Phi) is 4.42. The first-order valence-electron chi connectivity index (χ1n) is 7.06. The van der Waals surface area contributed by atoms with Gasteiger partial charge >= 0.3 is 0 Å². The Hall–Kier alpha value is -2.57. The Balaban J connectivity index is 2.07. The van der Waals surface area contributed by atoms with Gasteiger partial charge in [0.05, 0.1) is 5.52 Å². The molecule has 2 heterocycles. The minimum atomic E-state index is -0.561. The second kappa shape index (κ2) is 6.51. The Labute approximate surface area is 148 Å². The van der Waals surface area contributed by atoms with E-state index in [9.17, 15) is 9.59 Å². The molecule has 1 aliphatic heterocycles. The quantitative estimate of drug-likeness (QED) is 0.301. The molecule has 0 saturated carbocycles. The topological polar surface area (TPSA) is 62.3 Å². The van der Waals surface area contributed by atoms with Crippen LogP contribution in [0, 0.1) is 0 Å². The zero-order valence-corrected chi connectivity index (χ0v) is 14.0. The number of nitrogens with zero attached hydrogens (tertiary/aromatic N) is 2. The predicted molar refractivity (Wildman–Crippen MR) is 97.4 cm³/mol. The summed E-state index contributed by atoms with van der Waals surface area (Å²) >= 11 is 11.2. The summed E-state index contributed by atoms with van der Waals surface area (Å²) in [5.74, 6) is -1.05. The lowest BCUT2D eigenvalue weighted by molar-refractivity contribution is -0.128. The van der Waals surface area contributed by atoms with Crippen molar-refractivity contribution >= 4 is 57.7 Å². The number of amides is 2. The van der Waals surface area contributed by atoms with Crippen molar-refractivity contribution in [3.05, 3.63) is 59.3 Å². The number of rotatable bonds is 3. The van der Waals surface area contributed by atoms with Gasteiger partial charge in [-0.2, -0.15) is 0 Å². The maximum absolute atomic E-state index is 12.5. The van der Waals surface area contributed by atoms with Crippen LogP contribution in [0.2, 0.25) is 5.15 Å². The summed E-state index contributed by atoms with van der Waals surface area (Å²) in [4.78, 5) is 30.2. The lowest BCUT2D eigenvalue weighted by Crippen LogP contribution is -2.53. The van der Waals surface area contributed by atoms with Gasteiger partial charge in [-0.3, -0.25) is 19.8 Å². The molecule has 5 nitrogen and oxygen atoms in total. The molecule has 1 aromatic heterocycles. The fraction of sp³-hybridized carbons (Fsp3) is 0.0588. The fourth-order valence-electron chi connectivity index (χ4n) is 2.35. The van der Waals surface area contributed by atoms with Crippen LogP contribution in [0.3, 0.4) is 0 Å². The van der Waals surface area contributed by atoms with Gasteiger partial charge in [-0.25, -0.2) is 4.98 Å². The molecule has 120 valence electrons. The summed E-state index contributed by atoms with van der Waals surface area (Å²) in [5.41, 5.74) is 1.17. The van der Waals surface area contributed by atoms with Crippen LogP contribution in [-0.2, 0) is 9.59 Å². The number of halogens is 1. The zero-order valence-electron chi connectivity index (χ0n) is 12.5. The molecule has 2 aromatic rings. The maximum atomic E-state index is 12.5. The third-order valence-electron chi connectivity index (χ3n) is 3.50. The highest BCUT2D eigenvalue weighted by Crippen LogP contribution is 2.24. The molecule has 0 bridgehead atoms. The average molecular weight is 358 g/mol. The van der Waals surface area contributed by atoms with E-state index in [0.29, 0.717) is 5.56 Å². The number of benzene rings is 1. The first kappa shape index (κ1) is 16.3. The zero-order chi connectivity index (χ0) is 17.3. The van der Waals surface area contributed by atoms with Crippen LogP contribution in [0.15, 0.2) is 48.6 Å². The van der Waals surface area contributed by atoms with E-state index in [1.165, 1.54) is 17.1 Å². The normalized spacial score (nSPS) is 16.6. The molecule has 1 N–H and O–H groups in total. The highest BCUT2D eigenvalue weighted by Gasteiger charge is 2.32. The number of fused-ring (bicyclic) bond motifs is 1. The first-order chi connectivity index (χ1) is 11.5. The molecular formula is C17H12ClN3O2S. The van der Waals surface area contributed by atoms with Crippen LogP contribution < -0.4 is 5.32 Å². The van der Waals surface area contributed by atoms with Crippen molar-refractivity contribution in [3.8, 4) is 0 Å². The maximum Gasteiger partial charge on any atom is 0.265 e. The SMILES string of the molecule is C=CCN1C(=O)C(=Cc2cc3ccccc3nc2Cl)C(=O)NC1=S. The molecule has 0 unspecified atom stereocenters. The second-order valence-electron chi connectivity index (χ2n) is 5.08. The van der Waals surface area contributed by atoms with Gasteiger partial charge in [-0.15, -0.1) is 6.58 Å². The lowest BCUT2D eigenvalue weighted by Gasteiger charge is -2.27. The van der Waals surface area contributed by atoms with Crippen molar-refractivity contribution in [1.29, 1.82) is 0 Å². The third-order valence-corrected chi connectivity index (χ3v) is 4.13. The van der Waals surface area contributed by atoms with E-state index in [2.05, 4.69) is 16.9 Å². The van der Waals surface area contributed by atoms with Crippen molar-refractivity contribution in [1.82, 2.24) is 15.2 Å². The Bertz CT molecular complexity index is 923. The molecule has 1 fully saturated rings. The number of carbonyl (C=O) groups is 2. The highest BCUT2D eigenvalue weighted by atomic mass is 35.5. The number of thiocarbonyl (C=S) groups is 1. The molecule has 7 heteroatoms. The average Bonchev–Trinajstić information content (AvgIpc) is 2.55. The predicted octanol–water partition coefficient (Wildman–Crippen LogP) is 2.70. The van der Waals surface area contributed by atoms with Crippen LogP contribution in [0.1, 0.15) is 5.56 Å². The molecule has 1 saturated heterocycles. The Morgan fingerprint density at radius 3 is 2.83 bits per heavy atom. The van der Waals surface area contributed by atoms with Crippen molar-refractivity contribution in [2.75, 3.05) is 6.54 Å². The Morgan fingerprint density at radius 2 is 2.08 bits per heavy atom. The van der Waals surface area contributed by atoms with Gasteiger partial charge in [0.25, 0.3) is 11.8 Å². The van der Waals surface area contributed by atoms with E-state index in [-0.39, 0.29) is 22.4 Å². The van der Waals surface area contributed by atoms with E-state index in [4.69, 9.17) is 23.8 Å². The van der Waals surface area contributed by atoms with Crippen LogP contribution in [0.4, 0.5) is 0 Å². The van der Waals surface area contributed by atoms with Gasteiger partial charge in [-0.05, 0) is 30.4 Å². The van der Waals surface area contributed by atoms with Crippen LogP contribution in [0.5, 0.6) is 0 Å². The molecule has 0 atom stereocenters. The van der Waals surface area contributed by atoms with Crippen LogP contribution >= 0.6 is 23.8 Å². The molecule has 1 aromatic carbocycles. The number of hydrogen-bond acceptors (Lipinski definition) is 4. The summed E-state index contributed by atoms with van der Waals surface area (Å²) < 4.78 is 0. The molecule has 3 rings (SSSR count). The largest absolute Gasteiger partial charge is 0.298 e. The lowest BCUT2D eigenvalue weighted by atomic mass is 10.1. The fourth-order valence-corrected chi connectivity index (χ4v) is 2.80. The number of nitrogens with one attached hydrogen (secondary N) is 1. The van der Waals surface area contributed by atoms with Crippen LogP contribution in [0.25, 0.3) is 17.0 Å². The molecule has 2 amide bonds. The molecule has 0 radical (unpaired) electrons. The first-order valence-corrected chi connectivity index (χ1v) is 7.85. The van der Waals surface area contributed by atoms with E-state index >= 15 is 0 Å². The van der Waals surface area contributed by atoms with E-state index in [0.717, 1.165) is 10.9 Å². The van der Waals surface area contributed by atoms with Crippen molar-refractivity contribution in [2.24, 2.45) is 0 Å². The van der Waals surface area contributed by atoms with Crippen molar-refractivity contribution < 1.29 is 9.59 Å². The van der Waals surface area contributed by atoms with E-state index < -0.39 is 11.8 Å². The monoisotopic (exact) mass is 357 g/mol. The van der Waals surface area contributed by atoms with Crippen molar-refractivity contribution in [3.63, 3.8) is 0 Å². The van der Waals surface area contributed by atoms with Gasteiger partial charge in [0, 0.05) is 17.5 Å². The summed E-state index contributed by atoms with van der Waals surface area (Å²) in [7, 11) is 0. The molecule has 0 spiro atoms. The summed E-state index contributed by atoms with van der Waals surface area (Å²) in [6.45, 7) is 3.79. The molecular weight excluding hydrogens is 346 g/mol. The van der Waals surface area contributed by atoms with Gasteiger partial charge in [-0.1, -0.05) is 35.9 Å². The number of aromatic nitrogens is 1. The molecule has 24 heavy (non-hydrogen) atoms. The van der Waals surface area contributed by atoms with E-state index in [1.807, 2.05) is 24.3 Å². The van der Waals surface area contributed by atoms with E-state index in [1.54, 1.807) is 6.07 Å². The van der Waals surface area contributed by atoms with Crippen molar-refractivity contribution in [2.45, 2.75) is 0 Å². The highest BCUT2D eigenvalue weighted by molar-refractivity contribution is 7.80. The van der Waals surface area contributed by atoms with Gasteiger partial charge in [0.2, 0.25) is 0 Å². The number of pyridine rings is 1.